The van der Waals surface area contributed by atoms with Crippen LogP contribution in [0.15, 0.2) is 0 Å². The second-order valence-corrected chi connectivity index (χ2v) is 7.18. The Morgan fingerprint density at radius 2 is 1.76 bits per heavy atom. The Morgan fingerprint density at radius 3 is 2.18 bits per heavy atom. The highest BCUT2D eigenvalue weighted by Crippen LogP contribution is 2.36. The molecule has 1 amide bonds. The van der Waals surface area contributed by atoms with Crippen molar-refractivity contribution in [3.63, 3.8) is 0 Å². The molecule has 0 atom stereocenters. The molecule has 0 aromatic carbocycles. The van der Waals surface area contributed by atoms with Gasteiger partial charge in [-0.25, -0.2) is 4.79 Å². The Kier molecular flexibility index (Phi) is 3.91. The molecule has 2 aliphatic heterocycles. The van der Waals surface area contributed by atoms with Crippen LogP contribution in [0.1, 0.15) is 33.6 Å². The first-order chi connectivity index (χ1) is 7.96. The van der Waals surface area contributed by atoms with Gasteiger partial charge in [-0.15, -0.1) is 0 Å². The lowest BCUT2D eigenvalue weighted by molar-refractivity contribution is 0.0166. The Morgan fingerprint density at radius 1 is 1.18 bits per heavy atom. The number of carbonyl (C=O) groups is 1. The van der Waals surface area contributed by atoms with E-state index in [1.54, 1.807) is 0 Å². The van der Waals surface area contributed by atoms with Gasteiger partial charge >= 0.3 is 6.09 Å². The maximum Gasteiger partial charge on any atom is 0.410 e. The third kappa shape index (κ3) is 3.54. The largest absolute Gasteiger partial charge is 0.444 e. The lowest BCUT2D eigenvalue weighted by Gasteiger charge is -2.39. The SMILES string of the molecule is CC(C)(C)OC(=O)N1CCC(C2CSC2)CC1. The predicted octanol–water partition coefficient (Wildman–Crippen LogP) is 3.00. The molecule has 3 nitrogen and oxygen atoms in total. The fourth-order valence-electron chi connectivity index (χ4n) is 2.41. The molecular weight excluding hydrogens is 234 g/mol. The summed E-state index contributed by atoms with van der Waals surface area (Å²) in [6.07, 6.45) is 2.17. The van der Waals surface area contributed by atoms with Crippen LogP contribution in [0, 0.1) is 11.8 Å². The molecule has 0 bridgehead atoms. The molecule has 0 radical (unpaired) electrons. The van der Waals surface area contributed by atoms with Crippen molar-refractivity contribution in [2.75, 3.05) is 24.6 Å². The molecule has 0 saturated carbocycles. The zero-order valence-corrected chi connectivity index (χ0v) is 11.9. The van der Waals surface area contributed by atoms with Gasteiger partial charge < -0.3 is 9.64 Å². The molecule has 0 aromatic heterocycles. The summed E-state index contributed by atoms with van der Waals surface area (Å²) in [4.78, 5) is 13.7. The fraction of sp³-hybridized carbons (Fsp3) is 0.923. The Balaban J connectivity index is 1.76. The number of rotatable bonds is 1. The summed E-state index contributed by atoms with van der Waals surface area (Å²) >= 11 is 2.05. The van der Waals surface area contributed by atoms with Crippen molar-refractivity contribution in [3.8, 4) is 0 Å². The van der Waals surface area contributed by atoms with Crippen molar-refractivity contribution in [1.82, 2.24) is 4.90 Å². The maximum absolute atomic E-state index is 11.9. The van der Waals surface area contributed by atoms with Gasteiger partial charge in [0, 0.05) is 13.1 Å². The molecule has 0 unspecified atom stereocenters. The van der Waals surface area contributed by atoms with Crippen LogP contribution in [0.5, 0.6) is 0 Å². The average Bonchev–Trinajstić information content (AvgIpc) is 2.13. The van der Waals surface area contributed by atoms with E-state index in [4.69, 9.17) is 4.74 Å². The highest BCUT2D eigenvalue weighted by molar-refractivity contribution is 8.00. The minimum absolute atomic E-state index is 0.140. The van der Waals surface area contributed by atoms with Crippen LogP contribution >= 0.6 is 11.8 Å². The summed E-state index contributed by atoms with van der Waals surface area (Å²) < 4.78 is 5.40. The van der Waals surface area contributed by atoms with Crippen molar-refractivity contribution in [2.45, 2.75) is 39.2 Å². The molecule has 0 spiro atoms. The van der Waals surface area contributed by atoms with Crippen LogP contribution in [0.4, 0.5) is 4.79 Å². The highest BCUT2D eigenvalue weighted by Gasteiger charge is 2.33. The smallest absolute Gasteiger partial charge is 0.410 e. The molecule has 98 valence electrons. The minimum atomic E-state index is -0.376. The lowest BCUT2D eigenvalue weighted by Crippen LogP contribution is -2.44. The van der Waals surface area contributed by atoms with E-state index in [9.17, 15) is 4.79 Å². The summed E-state index contributed by atoms with van der Waals surface area (Å²) in [5.41, 5.74) is -0.376. The van der Waals surface area contributed by atoms with Gasteiger partial charge in [0.15, 0.2) is 0 Å². The van der Waals surface area contributed by atoms with E-state index in [-0.39, 0.29) is 11.7 Å². The zero-order valence-electron chi connectivity index (χ0n) is 11.1. The summed E-state index contributed by atoms with van der Waals surface area (Å²) in [6, 6.07) is 0. The quantitative estimate of drug-likeness (QED) is 0.723. The normalized spacial score (nSPS) is 23.4. The molecule has 17 heavy (non-hydrogen) atoms. The van der Waals surface area contributed by atoms with Crippen molar-refractivity contribution >= 4 is 17.9 Å². The molecule has 0 aromatic rings. The third-order valence-corrected chi connectivity index (χ3v) is 4.85. The standard InChI is InChI=1S/C13H23NO2S/c1-13(2,3)16-12(15)14-6-4-10(5-7-14)11-8-17-9-11/h10-11H,4-9H2,1-3H3. The van der Waals surface area contributed by atoms with Crippen LogP contribution in [0.3, 0.4) is 0 Å². The summed E-state index contributed by atoms with van der Waals surface area (Å²) in [5.74, 6) is 4.42. The van der Waals surface area contributed by atoms with Gasteiger partial charge in [0.25, 0.3) is 0 Å². The molecule has 2 heterocycles. The number of hydrogen-bond acceptors (Lipinski definition) is 3. The number of carbonyl (C=O) groups excluding carboxylic acids is 1. The topological polar surface area (TPSA) is 29.5 Å². The van der Waals surface area contributed by atoms with Gasteiger partial charge in [-0.1, -0.05) is 0 Å². The van der Waals surface area contributed by atoms with E-state index in [0.29, 0.717) is 0 Å². The number of ether oxygens (including phenoxy) is 1. The van der Waals surface area contributed by atoms with E-state index in [1.165, 1.54) is 11.5 Å². The average molecular weight is 257 g/mol. The van der Waals surface area contributed by atoms with Crippen molar-refractivity contribution in [2.24, 2.45) is 11.8 Å². The Hall–Kier alpha value is -0.380. The lowest BCUT2D eigenvalue weighted by atomic mass is 9.86. The van der Waals surface area contributed by atoms with Crippen LogP contribution < -0.4 is 0 Å². The fourth-order valence-corrected chi connectivity index (χ4v) is 3.46. The van der Waals surface area contributed by atoms with Crippen LogP contribution in [0.2, 0.25) is 0 Å². The maximum atomic E-state index is 11.9. The van der Waals surface area contributed by atoms with Gasteiger partial charge in [-0.3, -0.25) is 0 Å². The van der Waals surface area contributed by atoms with Crippen molar-refractivity contribution < 1.29 is 9.53 Å². The monoisotopic (exact) mass is 257 g/mol. The first-order valence-corrected chi connectivity index (χ1v) is 7.67. The molecule has 2 saturated heterocycles. The molecule has 2 rings (SSSR count). The van der Waals surface area contributed by atoms with Gasteiger partial charge in [-0.05, 0) is 57.0 Å². The van der Waals surface area contributed by atoms with Crippen molar-refractivity contribution in [1.29, 1.82) is 0 Å². The van der Waals surface area contributed by atoms with Crippen LogP contribution in [0.25, 0.3) is 0 Å². The number of nitrogens with zero attached hydrogens (tertiary/aromatic N) is 1. The van der Waals surface area contributed by atoms with Gasteiger partial charge in [0.2, 0.25) is 0 Å². The van der Waals surface area contributed by atoms with Gasteiger partial charge in [0.1, 0.15) is 5.60 Å². The highest BCUT2D eigenvalue weighted by atomic mass is 32.2. The third-order valence-electron chi connectivity index (χ3n) is 3.52. The van der Waals surface area contributed by atoms with E-state index in [0.717, 1.165) is 37.8 Å². The van der Waals surface area contributed by atoms with E-state index >= 15 is 0 Å². The first-order valence-electron chi connectivity index (χ1n) is 6.51. The second-order valence-electron chi connectivity index (χ2n) is 6.10. The van der Waals surface area contributed by atoms with E-state index < -0.39 is 0 Å². The Labute approximate surface area is 108 Å². The second kappa shape index (κ2) is 5.09. The van der Waals surface area contributed by atoms with Crippen LogP contribution in [-0.2, 0) is 4.74 Å². The molecule has 0 N–H and O–H groups in total. The zero-order chi connectivity index (χ0) is 12.5. The molecule has 2 fully saturated rings. The number of piperidine rings is 1. The van der Waals surface area contributed by atoms with Gasteiger partial charge in [0.05, 0.1) is 0 Å². The summed E-state index contributed by atoms with van der Waals surface area (Å²) in [5, 5.41) is 0. The number of hydrogen-bond donors (Lipinski definition) is 0. The number of thioether (sulfide) groups is 1. The van der Waals surface area contributed by atoms with Crippen molar-refractivity contribution in [3.05, 3.63) is 0 Å². The number of likely N-dealkylation sites (tertiary alicyclic amines) is 1. The molecule has 0 aliphatic carbocycles. The van der Waals surface area contributed by atoms with E-state index in [2.05, 4.69) is 0 Å². The first kappa shape index (κ1) is 13.1. The summed E-state index contributed by atoms with van der Waals surface area (Å²) in [7, 11) is 0. The predicted molar refractivity (Wildman–Crippen MR) is 71.3 cm³/mol. The van der Waals surface area contributed by atoms with Gasteiger partial charge in [-0.2, -0.15) is 11.8 Å². The molecule has 2 aliphatic rings. The minimum Gasteiger partial charge on any atom is -0.444 e. The van der Waals surface area contributed by atoms with Crippen LogP contribution in [-0.4, -0.2) is 41.2 Å². The molecule has 4 heteroatoms. The van der Waals surface area contributed by atoms with E-state index in [1.807, 2.05) is 37.4 Å². The Bertz CT molecular complexity index is 276. The number of amides is 1. The molecular formula is C13H23NO2S. The summed E-state index contributed by atoms with van der Waals surface area (Å²) in [6.45, 7) is 7.51.